The molecule has 3 aromatic rings. The molecule has 1 saturated heterocycles. The van der Waals surface area contributed by atoms with Crippen molar-refractivity contribution < 1.29 is 19.1 Å². The van der Waals surface area contributed by atoms with E-state index in [9.17, 15) is 19.1 Å². The fraction of sp³-hybridized carbons (Fsp3) is 0.462. The van der Waals surface area contributed by atoms with Crippen LogP contribution in [0.1, 0.15) is 57.1 Å². The van der Waals surface area contributed by atoms with Gasteiger partial charge in [0.05, 0.1) is 34.6 Å². The van der Waals surface area contributed by atoms with Crippen LogP contribution in [0.2, 0.25) is 5.02 Å². The minimum absolute atomic E-state index is 0.0234. The first-order valence-electron chi connectivity index (χ1n) is 13.1. The van der Waals surface area contributed by atoms with E-state index in [4.69, 9.17) is 27.6 Å². The van der Waals surface area contributed by atoms with Gasteiger partial charge < -0.3 is 26.4 Å². The minimum Gasteiger partial charge on any atom is -0.465 e. The van der Waals surface area contributed by atoms with Gasteiger partial charge in [-0.05, 0) is 57.6 Å². The number of imidazole rings is 1. The molecule has 1 aliphatic carbocycles. The molecular formula is C26H29ClFN9O3. The molecule has 5 N–H and O–H groups in total. The van der Waals surface area contributed by atoms with E-state index in [2.05, 4.69) is 20.6 Å². The van der Waals surface area contributed by atoms with Gasteiger partial charge in [-0.2, -0.15) is 10.2 Å². The summed E-state index contributed by atoms with van der Waals surface area (Å²) >= 11 is 6.31. The number of benzene rings is 1. The van der Waals surface area contributed by atoms with E-state index in [1.54, 1.807) is 6.20 Å². The number of nitrogens with zero attached hydrogens (tertiary/aromatic N) is 6. The van der Waals surface area contributed by atoms with Crippen LogP contribution in [0.25, 0.3) is 11.2 Å². The molecule has 210 valence electrons. The smallest absolute Gasteiger partial charge is 0.407 e. The van der Waals surface area contributed by atoms with Crippen molar-refractivity contribution in [2.75, 3.05) is 17.2 Å². The predicted octanol–water partition coefficient (Wildman–Crippen LogP) is 4.39. The molecule has 0 bridgehead atoms. The van der Waals surface area contributed by atoms with Gasteiger partial charge in [-0.15, -0.1) is 0 Å². The summed E-state index contributed by atoms with van der Waals surface area (Å²) in [6.07, 6.45) is 4.48. The van der Waals surface area contributed by atoms with Gasteiger partial charge in [0.1, 0.15) is 11.3 Å². The second-order valence-electron chi connectivity index (χ2n) is 10.3. The van der Waals surface area contributed by atoms with Gasteiger partial charge in [-0.3, -0.25) is 9.36 Å². The number of nitrogens with two attached hydrogens (primary N) is 1. The van der Waals surface area contributed by atoms with Crippen molar-refractivity contribution in [1.82, 2.24) is 24.4 Å². The van der Waals surface area contributed by atoms with Crippen molar-refractivity contribution in [2.45, 2.75) is 63.6 Å². The number of primary amides is 1. The predicted molar refractivity (Wildman–Crippen MR) is 146 cm³/mol. The largest absolute Gasteiger partial charge is 0.465 e. The van der Waals surface area contributed by atoms with Crippen LogP contribution in [0.3, 0.4) is 0 Å². The van der Waals surface area contributed by atoms with Crippen molar-refractivity contribution in [1.29, 1.82) is 5.26 Å². The average molecular weight is 570 g/mol. The number of rotatable bonds is 6. The standard InChI is InChI=1S/C26H29ClFN9O3/c1-13-19(3-2-8-36(13)26(39)40)32-24-31-12-20-23(35-24)37(16-6-4-15(5-7-16)22(30)38)25(33-20)34-21-17(27)9-14(11-29)10-18(21)28/h9-10,12-13,15-16,19H,2-8H2,1H3,(H2,30,38)(H,33,34)(H,39,40)(H,31,32,35). The molecule has 5 rings (SSSR count). The number of fused-ring (bicyclic) bond motifs is 1. The van der Waals surface area contributed by atoms with Crippen molar-refractivity contribution in [3.63, 3.8) is 0 Å². The number of anilines is 3. The Bertz CT molecular complexity index is 1480. The maximum atomic E-state index is 14.9. The topological polar surface area (TPSA) is 175 Å². The zero-order chi connectivity index (χ0) is 28.6. The molecule has 40 heavy (non-hydrogen) atoms. The monoisotopic (exact) mass is 569 g/mol. The van der Waals surface area contributed by atoms with Crippen molar-refractivity contribution in [3.8, 4) is 6.07 Å². The van der Waals surface area contributed by atoms with Gasteiger partial charge >= 0.3 is 6.09 Å². The average Bonchev–Trinajstić information content (AvgIpc) is 3.28. The molecule has 1 aromatic carbocycles. The van der Waals surface area contributed by atoms with Gasteiger partial charge in [-0.1, -0.05) is 11.6 Å². The molecular weight excluding hydrogens is 541 g/mol. The lowest BCUT2D eigenvalue weighted by molar-refractivity contribution is -0.122. The number of hydrogen-bond donors (Lipinski definition) is 4. The molecule has 3 heterocycles. The lowest BCUT2D eigenvalue weighted by Crippen LogP contribution is -2.51. The Morgan fingerprint density at radius 1 is 1.23 bits per heavy atom. The molecule has 14 heteroatoms. The number of piperidine rings is 1. The van der Waals surface area contributed by atoms with Gasteiger partial charge in [0.2, 0.25) is 17.8 Å². The second kappa shape index (κ2) is 11.1. The van der Waals surface area contributed by atoms with Crippen LogP contribution in [0, 0.1) is 23.1 Å². The lowest BCUT2D eigenvalue weighted by atomic mass is 9.85. The molecule has 2 unspecified atom stereocenters. The maximum Gasteiger partial charge on any atom is 0.407 e. The molecule has 2 aliphatic rings. The highest BCUT2D eigenvalue weighted by Crippen LogP contribution is 2.38. The Balaban J connectivity index is 1.52. The second-order valence-corrected chi connectivity index (χ2v) is 10.7. The lowest BCUT2D eigenvalue weighted by Gasteiger charge is -2.37. The molecule has 0 spiro atoms. The van der Waals surface area contributed by atoms with E-state index in [-0.39, 0.29) is 52.2 Å². The number of carboxylic acid groups (broad SMARTS) is 1. The third-order valence-electron chi connectivity index (χ3n) is 7.85. The summed E-state index contributed by atoms with van der Waals surface area (Å²) < 4.78 is 16.8. The summed E-state index contributed by atoms with van der Waals surface area (Å²) in [5.74, 6) is -0.646. The first-order valence-corrected chi connectivity index (χ1v) is 13.5. The minimum atomic E-state index is -0.968. The number of hydrogen-bond acceptors (Lipinski definition) is 8. The van der Waals surface area contributed by atoms with Crippen molar-refractivity contribution in [2.24, 2.45) is 11.7 Å². The number of carbonyl (C=O) groups is 2. The molecule has 2 atom stereocenters. The van der Waals surface area contributed by atoms with Gasteiger partial charge in [0, 0.05) is 24.5 Å². The van der Waals surface area contributed by atoms with Crippen LogP contribution >= 0.6 is 11.6 Å². The van der Waals surface area contributed by atoms with E-state index < -0.39 is 11.9 Å². The van der Waals surface area contributed by atoms with Gasteiger partial charge in [0.25, 0.3) is 0 Å². The third-order valence-corrected chi connectivity index (χ3v) is 8.15. The molecule has 2 amide bonds. The van der Waals surface area contributed by atoms with E-state index >= 15 is 0 Å². The summed E-state index contributed by atoms with van der Waals surface area (Å²) in [6, 6.07) is 3.75. The highest BCUT2D eigenvalue weighted by atomic mass is 35.5. The van der Waals surface area contributed by atoms with Crippen molar-refractivity contribution in [3.05, 3.63) is 34.7 Å². The Labute approximate surface area is 234 Å². The Kier molecular flexibility index (Phi) is 7.62. The van der Waals surface area contributed by atoms with Gasteiger partial charge in [0.15, 0.2) is 5.65 Å². The first-order chi connectivity index (χ1) is 19.2. The number of halogens is 2. The highest BCUT2D eigenvalue weighted by Gasteiger charge is 2.32. The number of likely N-dealkylation sites (tertiary alicyclic amines) is 1. The molecule has 12 nitrogen and oxygen atoms in total. The third kappa shape index (κ3) is 5.31. The maximum absolute atomic E-state index is 14.9. The molecule has 2 fully saturated rings. The summed E-state index contributed by atoms with van der Waals surface area (Å²) in [5, 5.41) is 25.0. The summed E-state index contributed by atoms with van der Waals surface area (Å²) in [7, 11) is 0. The van der Waals surface area contributed by atoms with Crippen LogP contribution < -0.4 is 16.4 Å². The SMILES string of the molecule is CC1C(Nc2ncc3nc(Nc4c(F)cc(C#N)cc4Cl)n(C4CCC(C(N)=O)CC4)c3n2)CCCN1C(=O)O. The summed E-state index contributed by atoms with van der Waals surface area (Å²) in [5.41, 5.74) is 6.55. The van der Waals surface area contributed by atoms with Crippen molar-refractivity contribution >= 4 is 52.3 Å². The van der Waals surface area contributed by atoms with Crippen LogP contribution in [0.15, 0.2) is 18.3 Å². The van der Waals surface area contributed by atoms with Crippen LogP contribution in [-0.4, -0.2) is 60.2 Å². The van der Waals surface area contributed by atoms with Crippen LogP contribution in [0.5, 0.6) is 0 Å². The van der Waals surface area contributed by atoms with Crippen LogP contribution in [-0.2, 0) is 4.79 Å². The normalized spacial score (nSPS) is 23.0. The number of amides is 2. The van der Waals surface area contributed by atoms with E-state index in [0.717, 1.165) is 12.5 Å². The Morgan fingerprint density at radius 3 is 2.62 bits per heavy atom. The fourth-order valence-electron chi connectivity index (χ4n) is 5.65. The fourth-order valence-corrected chi connectivity index (χ4v) is 5.91. The molecule has 1 aliphatic heterocycles. The quantitative estimate of drug-likeness (QED) is 0.335. The van der Waals surface area contributed by atoms with E-state index in [1.165, 1.54) is 11.0 Å². The Hall–Kier alpha value is -4.18. The zero-order valence-electron chi connectivity index (χ0n) is 21.8. The Morgan fingerprint density at radius 2 is 1.98 bits per heavy atom. The number of aromatic nitrogens is 4. The highest BCUT2D eigenvalue weighted by molar-refractivity contribution is 6.33. The first kappa shape index (κ1) is 27.4. The zero-order valence-corrected chi connectivity index (χ0v) is 22.5. The van der Waals surface area contributed by atoms with E-state index in [0.29, 0.717) is 55.8 Å². The van der Waals surface area contributed by atoms with E-state index in [1.807, 2.05) is 17.6 Å². The molecule has 2 aromatic heterocycles. The summed E-state index contributed by atoms with van der Waals surface area (Å²) in [4.78, 5) is 38.6. The number of nitriles is 1. The number of carbonyl (C=O) groups excluding carboxylic acids is 1. The molecule has 1 saturated carbocycles. The number of nitrogens with one attached hydrogen (secondary N) is 2. The summed E-state index contributed by atoms with van der Waals surface area (Å²) in [6.45, 7) is 2.32. The van der Waals surface area contributed by atoms with Crippen LogP contribution in [0.4, 0.5) is 26.8 Å². The van der Waals surface area contributed by atoms with Gasteiger partial charge in [-0.25, -0.2) is 19.2 Å². The molecule has 0 radical (unpaired) electrons.